The van der Waals surface area contributed by atoms with E-state index in [4.69, 9.17) is 0 Å². The first kappa shape index (κ1) is 8.48. The van der Waals surface area contributed by atoms with Crippen LogP contribution in [0, 0.1) is 0 Å². The predicted molar refractivity (Wildman–Crippen MR) is 48.1 cm³/mol. The third-order valence-electron chi connectivity index (χ3n) is 2.84. The quantitative estimate of drug-likeness (QED) is 0.552. The van der Waals surface area contributed by atoms with Gasteiger partial charge in [-0.2, -0.15) is 0 Å². The normalized spacial score (nSPS) is 33.2. The molecule has 70 valence electrons. The molecule has 1 unspecified atom stereocenters. The summed E-state index contributed by atoms with van der Waals surface area (Å²) in [6.45, 7) is 3.01. The molecular weight excluding hydrogens is 152 g/mol. The van der Waals surface area contributed by atoms with E-state index in [-0.39, 0.29) is 5.60 Å². The number of rotatable bonds is 3. The van der Waals surface area contributed by atoms with Crippen LogP contribution in [0.4, 0.5) is 0 Å². The molecule has 0 aromatic heterocycles. The third kappa shape index (κ3) is 2.19. The molecule has 1 saturated carbocycles. The molecule has 1 heterocycles. The molecule has 3 nitrogen and oxygen atoms in total. The van der Waals surface area contributed by atoms with Gasteiger partial charge in [0.1, 0.15) is 0 Å². The summed E-state index contributed by atoms with van der Waals surface area (Å²) in [6.07, 6.45) is 4.49. The van der Waals surface area contributed by atoms with Crippen LogP contribution in [0.5, 0.6) is 0 Å². The van der Waals surface area contributed by atoms with Crippen molar-refractivity contribution >= 4 is 0 Å². The molecular formula is C9H18N2O. The van der Waals surface area contributed by atoms with Crippen molar-refractivity contribution in [3.63, 3.8) is 0 Å². The molecule has 0 radical (unpaired) electrons. The first-order chi connectivity index (χ1) is 5.79. The van der Waals surface area contributed by atoms with Crippen molar-refractivity contribution in [1.82, 2.24) is 10.6 Å². The first-order valence-electron chi connectivity index (χ1n) is 4.95. The number of nitrogens with one attached hydrogen (secondary N) is 2. The van der Waals surface area contributed by atoms with Crippen molar-refractivity contribution in [2.75, 3.05) is 19.6 Å². The van der Waals surface area contributed by atoms with E-state index in [1.54, 1.807) is 0 Å². The molecule has 0 amide bonds. The first-order valence-corrected chi connectivity index (χ1v) is 4.95. The van der Waals surface area contributed by atoms with Crippen molar-refractivity contribution < 1.29 is 5.11 Å². The standard InChI is InChI=1S/C9H18N2O/c12-9(3-4-9)7-11-8-2-1-5-10-6-8/h8,10-12H,1-7H2. The Morgan fingerprint density at radius 1 is 1.50 bits per heavy atom. The molecule has 1 saturated heterocycles. The smallest absolute Gasteiger partial charge is 0.0773 e. The van der Waals surface area contributed by atoms with Gasteiger partial charge in [-0.3, -0.25) is 0 Å². The van der Waals surface area contributed by atoms with E-state index >= 15 is 0 Å². The Hall–Kier alpha value is -0.120. The highest BCUT2D eigenvalue weighted by Gasteiger charge is 2.40. The molecule has 3 heteroatoms. The van der Waals surface area contributed by atoms with Crippen molar-refractivity contribution in [3.8, 4) is 0 Å². The highest BCUT2D eigenvalue weighted by atomic mass is 16.3. The highest BCUT2D eigenvalue weighted by Crippen LogP contribution is 2.34. The van der Waals surface area contributed by atoms with E-state index < -0.39 is 0 Å². The Morgan fingerprint density at radius 3 is 2.92 bits per heavy atom. The number of piperidine rings is 1. The second kappa shape index (κ2) is 3.32. The van der Waals surface area contributed by atoms with Crippen LogP contribution < -0.4 is 10.6 Å². The fourth-order valence-corrected chi connectivity index (χ4v) is 1.68. The Bertz CT molecular complexity index is 151. The van der Waals surface area contributed by atoms with Crippen molar-refractivity contribution in [2.45, 2.75) is 37.3 Å². The SMILES string of the molecule is OC1(CNC2CCCNC2)CC1. The molecule has 1 aliphatic heterocycles. The van der Waals surface area contributed by atoms with E-state index in [2.05, 4.69) is 10.6 Å². The monoisotopic (exact) mass is 170 g/mol. The van der Waals surface area contributed by atoms with Gasteiger partial charge in [0.2, 0.25) is 0 Å². The van der Waals surface area contributed by atoms with Gasteiger partial charge in [0.15, 0.2) is 0 Å². The van der Waals surface area contributed by atoms with Gasteiger partial charge in [0.25, 0.3) is 0 Å². The second-order valence-electron chi connectivity index (χ2n) is 4.15. The summed E-state index contributed by atoms with van der Waals surface area (Å²) in [7, 11) is 0. The molecule has 0 spiro atoms. The van der Waals surface area contributed by atoms with Gasteiger partial charge >= 0.3 is 0 Å². The summed E-state index contributed by atoms with van der Waals surface area (Å²) in [6, 6.07) is 0.586. The Balaban J connectivity index is 1.65. The molecule has 1 atom stereocenters. The maximum atomic E-state index is 9.58. The van der Waals surface area contributed by atoms with Gasteiger partial charge in [-0.25, -0.2) is 0 Å². The molecule has 2 rings (SSSR count). The van der Waals surface area contributed by atoms with Crippen LogP contribution >= 0.6 is 0 Å². The van der Waals surface area contributed by atoms with E-state index in [0.717, 1.165) is 32.5 Å². The number of aliphatic hydroxyl groups is 1. The summed E-state index contributed by atoms with van der Waals surface area (Å²) >= 11 is 0. The third-order valence-corrected chi connectivity index (χ3v) is 2.84. The van der Waals surface area contributed by atoms with Crippen LogP contribution in [0.15, 0.2) is 0 Å². The minimum absolute atomic E-state index is 0.336. The Kier molecular flexibility index (Phi) is 2.35. The molecule has 0 aromatic carbocycles. The lowest BCUT2D eigenvalue weighted by Crippen LogP contribution is -2.46. The lowest BCUT2D eigenvalue weighted by molar-refractivity contribution is 0.141. The predicted octanol–water partition coefficient (Wildman–Crippen LogP) is -0.147. The van der Waals surface area contributed by atoms with Crippen molar-refractivity contribution in [3.05, 3.63) is 0 Å². The summed E-state index contributed by atoms with van der Waals surface area (Å²) in [5.74, 6) is 0. The minimum atomic E-state index is -0.336. The van der Waals surface area contributed by atoms with Crippen molar-refractivity contribution in [2.24, 2.45) is 0 Å². The zero-order chi connectivity index (χ0) is 8.44. The zero-order valence-electron chi connectivity index (χ0n) is 7.47. The van der Waals surface area contributed by atoms with Gasteiger partial charge in [0, 0.05) is 19.1 Å². The minimum Gasteiger partial charge on any atom is -0.389 e. The summed E-state index contributed by atoms with van der Waals surface area (Å²) < 4.78 is 0. The zero-order valence-corrected chi connectivity index (χ0v) is 7.47. The van der Waals surface area contributed by atoms with E-state index in [1.807, 2.05) is 0 Å². The summed E-state index contributed by atoms with van der Waals surface area (Å²) in [4.78, 5) is 0. The van der Waals surface area contributed by atoms with Gasteiger partial charge in [-0.05, 0) is 32.2 Å². The van der Waals surface area contributed by atoms with E-state index in [1.165, 1.54) is 12.8 Å². The average molecular weight is 170 g/mol. The van der Waals surface area contributed by atoms with Crippen LogP contribution in [0.25, 0.3) is 0 Å². The Labute approximate surface area is 73.5 Å². The van der Waals surface area contributed by atoms with Crippen LogP contribution in [0.2, 0.25) is 0 Å². The van der Waals surface area contributed by atoms with Crippen LogP contribution in [-0.2, 0) is 0 Å². The topological polar surface area (TPSA) is 44.3 Å². The molecule has 0 bridgehead atoms. The number of hydrogen-bond acceptors (Lipinski definition) is 3. The second-order valence-corrected chi connectivity index (χ2v) is 4.15. The summed E-state index contributed by atoms with van der Waals surface area (Å²) in [5.41, 5.74) is -0.336. The molecule has 3 N–H and O–H groups in total. The maximum Gasteiger partial charge on any atom is 0.0773 e. The van der Waals surface area contributed by atoms with Crippen LogP contribution in [0.3, 0.4) is 0 Å². The molecule has 12 heavy (non-hydrogen) atoms. The largest absolute Gasteiger partial charge is 0.389 e. The van der Waals surface area contributed by atoms with Crippen LogP contribution in [-0.4, -0.2) is 36.4 Å². The van der Waals surface area contributed by atoms with Crippen LogP contribution in [0.1, 0.15) is 25.7 Å². The molecule has 1 aliphatic carbocycles. The Morgan fingerprint density at radius 2 is 2.33 bits per heavy atom. The van der Waals surface area contributed by atoms with Gasteiger partial charge < -0.3 is 15.7 Å². The molecule has 2 aliphatic rings. The average Bonchev–Trinajstić information content (AvgIpc) is 2.84. The van der Waals surface area contributed by atoms with E-state index in [0.29, 0.717) is 6.04 Å². The fourth-order valence-electron chi connectivity index (χ4n) is 1.68. The van der Waals surface area contributed by atoms with Gasteiger partial charge in [-0.15, -0.1) is 0 Å². The molecule has 2 fully saturated rings. The van der Waals surface area contributed by atoms with Gasteiger partial charge in [-0.1, -0.05) is 0 Å². The lowest BCUT2D eigenvalue weighted by atomic mass is 10.1. The van der Waals surface area contributed by atoms with Crippen molar-refractivity contribution in [1.29, 1.82) is 0 Å². The number of hydrogen-bond donors (Lipinski definition) is 3. The lowest BCUT2D eigenvalue weighted by Gasteiger charge is -2.25. The highest BCUT2D eigenvalue weighted by molar-refractivity contribution is 4.96. The fraction of sp³-hybridized carbons (Fsp3) is 1.00. The van der Waals surface area contributed by atoms with Gasteiger partial charge in [0.05, 0.1) is 5.60 Å². The summed E-state index contributed by atoms with van der Waals surface area (Å²) in [5, 5.41) is 16.3. The molecule has 0 aromatic rings. The maximum absolute atomic E-state index is 9.58. The van der Waals surface area contributed by atoms with E-state index in [9.17, 15) is 5.11 Å².